The zero-order valence-electron chi connectivity index (χ0n) is 23.7. The van der Waals surface area contributed by atoms with E-state index in [-0.39, 0.29) is 18.7 Å². The van der Waals surface area contributed by atoms with Gasteiger partial charge in [-0.2, -0.15) is 0 Å². The molecule has 0 saturated carbocycles. The maximum absolute atomic E-state index is 13.2. The molecule has 0 N–H and O–H groups in total. The number of rotatable bonds is 7. The van der Waals surface area contributed by atoms with Gasteiger partial charge in [0.05, 0.1) is 25.8 Å². The van der Waals surface area contributed by atoms with Crippen LogP contribution >= 0.6 is 11.3 Å². The molecule has 1 aliphatic rings. The Balaban J connectivity index is 1.69. The number of hydrogen-bond donors (Lipinski definition) is 0. The van der Waals surface area contributed by atoms with E-state index in [1.807, 2.05) is 38.1 Å². The quantitative estimate of drug-likeness (QED) is 0.226. The average Bonchev–Trinajstić information content (AvgIpc) is 3.40. The lowest BCUT2D eigenvalue weighted by atomic mass is 9.84. The van der Waals surface area contributed by atoms with E-state index in [0.717, 1.165) is 40.1 Å². The van der Waals surface area contributed by atoms with Crippen LogP contribution in [0.3, 0.4) is 0 Å². The Morgan fingerprint density at radius 2 is 1.93 bits per heavy atom. The van der Waals surface area contributed by atoms with E-state index in [1.165, 1.54) is 23.3 Å². The van der Waals surface area contributed by atoms with Gasteiger partial charge in [0.1, 0.15) is 27.9 Å². The molecule has 4 rings (SSSR count). The van der Waals surface area contributed by atoms with Gasteiger partial charge in [-0.15, -0.1) is 10.2 Å². The third kappa shape index (κ3) is 6.59. The molecule has 0 saturated heterocycles. The summed E-state index contributed by atoms with van der Waals surface area (Å²) < 4.78 is 16.3. The second-order valence-electron chi connectivity index (χ2n) is 10.8. The van der Waals surface area contributed by atoms with Crippen molar-refractivity contribution in [2.75, 3.05) is 13.7 Å². The molecule has 2 aromatic carbocycles. The van der Waals surface area contributed by atoms with Crippen LogP contribution in [-0.4, -0.2) is 52.5 Å². The fourth-order valence-electron chi connectivity index (χ4n) is 4.71. The average molecular weight is 563 g/mol. The van der Waals surface area contributed by atoms with E-state index >= 15 is 0 Å². The highest BCUT2D eigenvalue weighted by Gasteiger charge is 2.35. The number of methoxy groups -OCH3 is 1. The molecule has 1 atom stereocenters. The van der Waals surface area contributed by atoms with Gasteiger partial charge in [0, 0.05) is 11.1 Å². The van der Waals surface area contributed by atoms with Crippen molar-refractivity contribution in [1.29, 1.82) is 0 Å². The summed E-state index contributed by atoms with van der Waals surface area (Å²) in [7, 11) is 1.31. The molecule has 1 amide bonds. The Morgan fingerprint density at radius 1 is 1.18 bits per heavy atom. The van der Waals surface area contributed by atoms with Gasteiger partial charge in [-0.05, 0) is 77.1 Å². The monoisotopic (exact) mass is 562 g/mol. The molecular weight excluding hydrogens is 528 g/mol. The van der Waals surface area contributed by atoms with Gasteiger partial charge in [0.2, 0.25) is 5.69 Å². The van der Waals surface area contributed by atoms with Crippen molar-refractivity contribution in [3.05, 3.63) is 58.9 Å². The summed E-state index contributed by atoms with van der Waals surface area (Å²) >= 11 is 1.44. The van der Waals surface area contributed by atoms with Gasteiger partial charge in [-0.3, -0.25) is 9.69 Å². The zero-order chi connectivity index (χ0) is 29.0. The summed E-state index contributed by atoms with van der Waals surface area (Å²) in [6.07, 6.45) is 1.73. The molecule has 3 aromatic rings. The molecule has 210 valence electrons. The molecule has 1 heterocycles. The number of amides is 1. The van der Waals surface area contributed by atoms with E-state index in [2.05, 4.69) is 15.0 Å². The number of ether oxygens (including phenoxy) is 3. The van der Waals surface area contributed by atoms with Crippen LogP contribution in [0.4, 0.5) is 10.5 Å². The Hall–Kier alpha value is -3.97. The molecule has 0 fully saturated rings. The van der Waals surface area contributed by atoms with Gasteiger partial charge >= 0.3 is 12.1 Å². The van der Waals surface area contributed by atoms with Crippen molar-refractivity contribution in [2.45, 2.75) is 71.6 Å². The Bertz CT molecular complexity index is 1440. The standard InChI is InChI=1S/C30H34N4O5S/c1-18(2)38-25-15-14-19(16-23(25)31-6)27-32-33-28(40-27)22-12-8-11-21-20(22)10-9-13-24(21)34(17-26(35)37-7)29(36)39-30(3,4)5/h8,11-12,14-16,18,24H,9-10,13,17H2,1-5,7H3/t24-/m1/s1. The fourth-order valence-corrected chi connectivity index (χ4v) is 5.61. The van der Waals surface area contributed by atoms with E-state index < -0.39 is 17.7 Å². The first-order valence-corrected chi connectivity index (χ1v) is 14.0. The van der Waals surface area contributed by atoms with Gasteiger partial charge < -0.3 is 14.2 Å². The fraction of sp³-hybridized carbons (Fsp3) is 0.433. The van der Waals surface area contributed by atoms with Crippen LogP contribution in [0.1, 0.15) is 64.6 Å². The molecule has 0 spiro atoms. The maximum Gasteiger partial charge on any atom is 0.411 e. The highest BCUT2D eigenvalue weighted by Crippen LogP contribution is 2.42. The highest BCUT2D eigenvalue weighted by atomic mass is 32.1. The number of carbonyl (C=O) groups is 2. The van der Waals surface area contributed by atoms with E-state index in [0.29, 0.717) is 22.9 Å². The minimum absolute atomic E-state index is 0.0357. The van der Waals surface area contributed by atoms with Crippen LogP contribution in [0.15, 0.2) is 36.4 Å². The lowest BCUT2D eigenvalue weighted by molar-refractivity contribution is -0.142. The SMILES string of the molecule is [C-]#[N+]c1cc(-c2nnc(-c3cccc4c3CCC[C@H]4N(CC(=O)OC)C(=O)OC(C)(C)C)s2)ccc1OC(C)C. The van der Waals surface area contributed by atoms with E-state index in [4.69, 9.17) is 20.8 Å². The predicted molar refractivity (Wildman–Crippen MR) is 153 cm³/mol. The van der Waals surface area contributed by atoms with Crippen molar-refractivity contribution >= 4 is 29.1 Å². The van der Waals surface area contributed by atoms with Crippen LogP contribution in [0.2, 0.25) is 0 Å². The van der Waals surface area contributed by atoms with Gasteiger partial charge in [0.25, 0.3) is 0 Å². The normalized spacial score (nSPS) is 14.7. The van der Waals surface area contributed by atoms with E-state index in [1.54, 1.807) is 32.9 Å². The molecule has 0 radical (unpaired) electrons. The first-order chi connectivity index (χ1) is 19.0. The predicted octanol–water partition coefficient (Wildman–Crippen LogP) is 7.00. The number of carbonyl (C=O) groups excluding carboxylic acids is 2. The third-order valence-electron chi connectivity index (χ3n) is 6.35. The van der Waals surface area contributed by atoms with Crippen LogP contribution in [-0.2, 0) is 20.7 Å². The number of esters is 1. The van der Waals surface area contributed by atoms with Crippen molar-refractivity contribution in [3.8, 4) is 26.9 Å². The van der Waals surface area contributed by atoms with Crippen LogP contribution in [0.25, 0.3) is 26.0 Å². The number of nitrogens with zero attached hydrogens (tertiary/aromatic N) is 4. The Labute approximate surface area is 238 Å². The summed E-state index contributed by atoms with van der Waals surface area (Å²) in [5, 5.41) is 10.4. The highest BCUT2D eigenvalue weighted by molar-refractivity contribution is 7.17. The van der Waals surface area contributed by atoms with Crippen LogP contribution < -0.4 is 4.74 Å². The summed E-state index contributed by atoms with van der Waals surface area (Å²) in [4.78, 5) is 30.6. The van der Waals surface area contributed by atoms with Crippen LogP contribution in [0.5, 0.6) is 5.75 Å². The zero-order valence-corrected chi connectivity index (χ0v) is 24.5. The summed E-state index contributed by atoms with van der Waals surface area (Å²) in [5.74, 6) is 0.0367. The summed E-state index contributed by atoms with van der Waals surface area (Å²) in [6.45, 7) is 16.6. The molecule has 1 aromatic heterocycles. The number of aromatic nitrogens is 2. The lowest BCUT2D eigenvalue weighted by Crippen LogP contribution is -2.43. The molecule has 0 unspecified atom stereocenters. The second kappa shape index (κ2) is 12.0. The smallest absolute Gasteiger partial charge is 0.411 e. The van der Waals surface area contributed by atoms with Crippen molar-refractivity contribution in [2.24, 2.45) is 0 Å². The maximum atomic E-state index is 13.2. The number of benzene rings is 2. The molecule has 10 heteroatoms. The second-order valence-corrected chi connectivity index (χ2v) is 11.8. The number of fused-ring (bicyclic) bond motifs is 1. The molecule has 40 heavy (non-hydrogen) atoms. The topological polar surface area (TPSA) is 95.2 Å². The molecule has 9 nitrogen and oxygen atoms in total. The van der Waals surface area contributed by atoms with Crippen molar-refractivity contribution < 1.29 is 23.8 Å². The van der Waals surface area contributed by atoms with Crippen molar-refractivity contribution in [1.82, 2.24) is 15.1 Å². The lowest BCUT2D eigenvalue weighted by Gasteiger charge is -2.36. The molecule has 0 bridgehead atoms. The Kier molecular flexibility index (Phi) is 8.74. The van der Waals surface area contributed by atoms with Gasteiger partial charge in [-0.1, -0.05) is 35.6 Å². The molecular formula is C30H34N4O5S. The minimum Gasteiger partial charge on any atom is -0.502 e. The summed E-state index contributed by atoms with van der Waals surface area (Å²) in [6, 6.07) is 11.1. The summed E-state index contributed by atoms with van der Waals surface area (Å²) in [5.41, 5.74) is 3.49. The molecule has 0 aliphatic heterocycles. The minimum atomic E-state index is -0.708. The largest absolute Gasteiger partial charge is 0.502 e. The number of hydrogen-bond acceptors (Lipinski definition) is 8. The van der Waals surface area contributed by atoms with Crippen LogP contribution in [0, 0.1) is 6.57 Å². The van der Waals surface area contributed by atoms with E-state index in [9.17, 15) is 9.59 Å². The third-order valence-corrected chi connectivity index (χ3v) is 7.36. The van der Waals surface area contributed by atoms with Gasteiger partial charge in [0.15, 0.2) is 0 Å². The van der Waals surface area contributed by atoms with Crippen molar-refractivity contribution in [3.63, 3.8) is 0 Å². The van der Waals surface area contributed by atoms with Gasteiger partial charge in [-0.25, -0.2) is 9.64 Å². The molecule has 1 aliphatic carbocycles. The first kappa shape index (κ1) is 29.0. The first-order valence-electron chi connectivity index (χ1n) is 13.2. The Morgan fingerprint density at radius 3 is 2.60 bits per heavy atom.